The van der Waals surface area contributed by atoms with Crippen LogP contribution in [0.25, 0.3) is 10.7 Å². The van der Waals surface area contributed by atoms with E-state index in [9.17, 15) is 9.18 Å². The minimum Gasteiger partial charge on any atom is -0.462 e. The topological polar surface area (TPSA) is 44.1 Å². The van der Waals surface area contributed by atoms with E-state index in [0.29, 0.717) is 5.82 Å². The molecule has 0 spiro atoms. The van der Waals surface area contributed by atoms with Crippen LogP contribution in [0.3, 0.4) is 0 Å². The Hall–Kier alpha value is -1.69. The summed E-state index contributed by atoms with van der Waals surface area (Å²) in [6, 6.07) is 3.66. The third-order valence-electron chi connectivity index (χ3n) is 2.14. The van der Waals surface area contributed by atoms with Gasteiger partial charge in [0.15, 0.2) is 5.82 Å². The summed E-state index contributed by atoms with van der Waals surface area (Å²) in [5, 5.41) is 1.87. The minimum atomic E-state index is -1.85. The fourth-order valence-electron chi connectivity index (χ4n) is 1.42. The second kappa shape index (κ2) is 5.09. The van der Waals surface area contributed by atoms with Gasteiger partial charge in [0.05, 0.1) is 11.5 Å². The quantitative estimate of drug-likeness (QED) is 0.788. The van der Waals surface area contributed by atoms with Crippen LogP contribution in [-0.2, 0) is 9.53 Å². The molecule has 0 N–H and O–H groups in total. The van der Waals surface area contributed by atoms with Gasteiger partial charge in [0.25, 0.3) is 6.30 Å². The Balaban J connectivity index is 2.28. The van der Waals surface area contributed by atoms with E-state index in [0.717, 1.165) is 4.88 Å². The van der Waals surface area contributed by atoms with E-state index in [2.05, 4.69) is 9.72 Å². The summed E-state index contributed by atoms with van der Waals surface area (Å²) in [6.45, 7) is 1.79. The standard InChI is InChI=1S/C11H11FN2O2S/c1-2-16-11(15)9(12)14-6-5-13-10(14)8-4-3-7-17-8/h3-7,9H,2H2,1H3. The van der Waals surface area contributed by atoms with Crippen LogP contribution in [0.1, 0.15) is 13.2 Å². The molecule has 1 atom stereocenters. The van der Waals surface area contributed by atoms with Crippen LogP contribution in [0, 0.1) is 0 Å². The molecule has 2 aromatic rings. The first-order valence-electron chi connectivity index (χ1n) is 5.11. The van der Waals surface area contributed by atoms with Crippen molar-refractivity contribution in [2.45, 2.75) is 13.2 Å². The summed E-state index contributed by atoms with van der Waals surface area (Å²) in [4.78, 5) is 16.2. The van der Waals surface area contributed by atoms with Gasteiger partial charge in [0.2, 0.25) is 0 Å². The average Bonchev–Trinajstić information content (AvgIpc) is 2.98. The molecular formula is C11H11FN2O2S. The molecule has 0 aliphatic heterocycles. The molecule has 17 heavy (non-hydrogen) atoms. The van der Waals surface area contributed by atoms with E-state index in [1.807, 2.05) is 17.5 Å². The molecule has 6 heteroatoms. The van der Waals surface area contributed by atoms with Crippen LogP contribution in [0.2, 0.25) is 0 Å². The highest BCUT2D eigenvalue weighted by molar-refractivity contribution is 7.13. The van der Waals surface area contributed by atoms with Gasteiger partial charge in [-0.05, 0) is 18.4 Å². The van der Waals surface area contributed by atoms with Crippen molar-refractivity contribution < 1.29 is 13.9 Å². The lowest BCUT2D eigenvalue weighted by Gasteiger charge is -2.10. The Morgan fingerprint density at radius 2 is 2.53 bits per heavy atom. The summed E-state index contributed by atoms with van der Waals surface area (Å²) in [6.07, 6.45) is 1.03. The van der Waals surface area contributed by atoms with Gasteiger partial charge >= 0.3 is 5.97 Å². The first-order chi connectivity index (χ1) is 8.24. The Morgan fingerprint density at radius 3 is 3.18 bits per heavy atom. The van der Waals surface area contributed by atoms with Crippen molar-refractivity contribution in [3.8, 4) is 10.7 Å². The Kier molecular flexibility index (Phi) is 3.53. The molecule has 0 amide bonds. The van der Waals surface area contributed by atoms with Crippen LogP contribution in [0.4, 0.5) is 4.39 Å². The number of hydrogen-bond donors (Lipinski definition) is 0. The summed E-state index contributed by atoms with van der Waals surface area (Å²) < 4.78 is 19.7. The van der Waals surface area contributed by atoms with E-state index in [-0.39, 0.29) is 6.61 Å². The molecule has 2 rings (SSSR count). The highest BCUT2D eigenvalue weighted by atomic mass is 32.1. The van der Waals surface area contributed by atoms with Crippen LogP contribution >= 0.6 is 11.3 Å². The van der Waals surface area contributed by atoms with Gasteiger partial charge < -0.3 is 4.74 Å². The molecule has 90 valence electrons. The molecule has 0 radical (unpaired) electrons. The molecule has 0 aliphatic carbocycles. The van der Waals surface area contributed by atoms with Crippen molar-refractivity contribution in [1.82, 2.24) is 9.55 Å². The maximum Gasteiger partial charge on any atom is 0.362 e. The number of imidazole rings is 1. The largest absolute Gasteiger partial charge is 0.462 e. The summed E-state index contributed by atoms with van der Waals surface area (Å²) in [5.74, 6) is -0.469. The first kappa shape index (κ1) is 11.8. The molecule has 0 saturated carbocycles. The van der Waals surface area contributed by atoms with Crippen molar-refractivity contribution in [2.75, 3.05) is 6.61 Å². The number of thiophene rings is 1. The van der Waals surface area contributed by atoms with Crippen LogP contribution in [0.5, 0.6) is 0 Å². The van der Waals surface area contributed by atoms with Gasteiger partial charge in [-0.3, -0.25) is 4.57 Å². The second-order valence-corrected chi connectivity index (χ2v) is 4.17. The number of alkyl halides is 1. The van der Waals surface area contributed by atoms with Crippen molar-refractivity contribution in [2.24, 2.45) is 0 Å². The van der Waals surface area contributed by atoms with Gasteiger partial charge in [-0.1, -0.05) is 6.07 Å². The number of carbonyl (C=O) groups excluding carboxylic acids is 1. The van der Waals surface area contributed by atoms with Gasteiger partial charge in [-0.25, -0.2) is 14.2 Å². The number of ether oxygens (including phenoxy) is 1. The Morgan fingerprint density at radius 1 is 1.71 bits per heavy atom. The maximum atomic E-state index is 13.9. The summed E-state index contributed by atoms with van der Waals surface area (Å²) >= 11 is 1.44. The zero-order valence-corrected chi connectivity index (χ0v) is 9.98. The van der Waals surface area contributed by atoms with Crippen molar-refractivity contribution >= 4 is 17.3 Å². The van der Waals surface area contributed by atoms with Crippen LogP contribution in [-0.4, -0.2) is 22.1 Å². The third-order valence-corrected chi connectivity index (χ3v) is 3.00. The zero-order chi connectivity index (χ0) is 12.3. The fraction of sp³-hybridized carbons (Fsp3) is 0.273. The second-order valence-electron chi connectivity index (χ2n) is 3.22. The number of hydrogen-bond acceptors (Lipinski definition) is 4. The number of halogens is 1. The minimum absolute atomic E-state index is 0.155. The lowest BCUT2D eigenvalue weighted by Crippen LogP contribution is -2.18. The smallest absolute Gasteiger partial charge is 0.362 e. The van der Waals surface area contributed by atoms with Gasteiger partial charge in [-0.15, -0.1) is 11.3 Å². The number of carbonyl (C=O) groups is 1. The molecule has 0 saturated heterocycles. The predicted octanol–water partition coefficient (Wildman–Crippen LogP) is 2.64. The number of rotatable bonds is 4. The van der Waals surface area contributed by atoms with E-state index in [1.165, 1.54) is 28.3 Å². The predicted molar refractivity (Wildman–Crippen MR) is 62.3 cm³/mol. The Labute approximate surface area is 102 Å². The zero-order valence-electron chi connectivity index (χ0n) is 9.17. The van der Waals surface area contributed by atoms with Gasteiger partial charge in [-0.2, -0.15) is 0 Å². The third kappa shape index (κ3) is 2.36. The molecule has 4 nitrogen and oxygen atoms in total. The number of esters is 1. The normalized spacial score (nSPS) is 12.4. The molecule has 0 bridgehead atoms. The lowest BCUT2D eigenvalue weighted by atomic mass is 10.4. The average molecular weight is 254 g/mol. The van der Waals surface area contributed by atoms with Crippen LogP contribution in [0.15, 0.2) is 29.9 Å². The lowest BCUT2D eigenvalue weighted by molar-refractivity contribution is -0.152. The van der Waals surface area contributed by atoms with Gasteiger partial charge in [0, 0.05) is 12.4 Å². The molecular weight excluding hydrogens is 243 g/mol. The van der Waals surface area contributed by atoms with Gasteiger partial charge in [0.1, 0.15) is 0 Å². The molecule has 0 fully saturated rings. The van der Waals surface area contributed by atoms with Crippen molar-refractivity contribution in [3.63, 3.8) is 0 Å². The molecule has 2 aromatic heterocycles. The molecule has 2 heterocycles. The highest BCUT2D eigenvalue weighted by Crippen LogP contribution is 2.26. The monoisotopic (exact) mass is 254 g/mol. The number of aromatic nitrogens is 2. The summed E-state index contributed by atoms with van der Waals surface area (Å²) in [7, 11) is 0. The van der Waals surface area contributed by atoms with E-state index in [4.69, 9.17) is 0 Å². The van der Waals surface area contributed by atoms with E-state index < -0.39 is 12.3 Å². The molecule has 0 aliphatic rings. The fourth-order valence-corrected chi connectivity index (χ4v) is 2.14. The van der Waals surface area contributed by atoms with Crippen LogP contribution < -0.4 is 0 Å². The Bertz CT molecular complexity index is 495. The summed E-state index contributed by atoms with van der Waals surface area (Å²) in [5.41, 5.74) is 0. The maximum absolute atomic E-state index is 13.9. The molecule has 0 aromatic carbocycles. The van der Waals surface area contributed by atoms with E-state index in [1.54, 1.807) is 6.92 Å². The SMILES string of the molecule is CCOC(=O)C(F)n1ccnc1-c1cccs1. The highest BCUT2D eigenvalue weighted by Gasteiger charge is 2.23. The molecule has 1 unspecified atom stereocenters. The first-order valence-corrected chi connectivity index (χ1v) is 5.99. The van der Waals surface area contributed by atoms with E-state index >= 15 is 0 Å². The number of nitrogens with zero attached hydrogens (tertiary/aromatic N) is 2. The van der Waals surface area contributed by atoms with Crippen molar-refractivity contribution in [3.05, 3.63) is 29.9 Å². The van der Waals surface area contributed by atoms with Crippen molar-refractivity contribution in [1.29, 1.82) is 0 Å².